The van der Waals surface area contributed by atoms with E-state index in [1.807, 2.05) is 66.7 Å². The zero-order valence-electron chi connectivity index (χ0n) is 21.7. The van der Waals surface area contributed by atoms with Gasteiger partial charge in [-0.3, -0.25) is 9.59 Å². The van der Waals surface area contributed by atoms with Crippen LogP contribution in [0.15, 0.2) is 96.2 Å². The summed E-state index contributed by atoms with van der Waals surface area (Å²) in [6.45, 7) is 0.654. The summed E-state index contributed by atoms with van der Waals surface area (Å²) < 4.78 is 0. The van der Waals surface area contributed by atoms with Crippen molar-refractivity contribution in [2.75, 3.05) is 6.54 Å². The van der Waals surface area contributed by atoms with Gasteiger partial charge in [-0.15, -0.1) is 0 Å². The van der Waals surface area contributed by atoms with Crippen LogP contribution >= 0.6 is 0 Å². The Labute approximate surface area is 228 Å². The van der Waals surface area contributed by atoms with Gasteiger partial charge >= 0.3 is 5.97 Å². The van der Waals surface area contributed by atoms with E-state index in [9.17, 15) is 19.5 Å². The number of aliphatic carboxylic acids is 1. The fourth-order valence-electron chi connectivity index (χ4n) is 4.68. The molecule has 0 spiro atoms. The topological polar surface area (TPSA) is 108 Å². The van der Waals surface area contributed by atoms with Crippen molar-refractivity contribution in [3.63, 3.8) is 0 Å². The van der Waals surface area contributed by atoms with E-state index >= 15 is 0 Å². The van der Waals surface area contributed by atoms with Crippen molar-refractivity contribution in [2.24, 2.45) is 5.16 Å². The quantitative estimate of drug-likeness (QED) is 0.267. The summed E-state index contributed by atoms with van der Waals surface area (Å²) in [5.41, 5.74) is 2.95. The van der Waals surface area contributed by atoms with E-state index in [2.05, 4.69) is 10.5 Å². The molecule has 1 fully saturated rings. The van der Waals surface area contributed by atoms with Gasteiger partial charge in [-0.25, -0.2) is 4.79 Å². The Morgan fingerprint density at radius 1 is 0.897 bits per heavy atom. The summed E-state index contributed by atoms with van der Waals surface area (Å²) in [5.74, 6) is -1.49. The zero-order chi connectivity index (χ0) is 27.5. The molecule has 1 aliphatic rings. The number of oxime groups is 1. The lowest BCUT2D eigenvalue weighted by atomic mass is 9.98. The van der Waals surface area contributed by atoms with Crippen LogP contribution in [0.25, 0.3) is 0 Å². The Morgan fingerprint density at radius 3 is 2.15 bits per heavy atom. The predicted octanol–water partition coefficient (Wildman–Crippen LogP) is 4.46. The maximum absolute atomic E-state index is 13.2. The van der Waals surface area contributed by atoms with Gasteiger partial charge in [-0.1, -0.05) is 84.0 Å². The Bertz CT molecular complexity index is 1270. The summed E-state index contributed by atoms with van der Waals surface area (Å²) >= 11 is 0. The lowest BCUT2D eigenvalue weighted by molar-refractivity contribution is -0.148. The van der Waals surface area contributed by atoms with Gasteiger partial charge < -0.3 is 20.2 Å². The molecule has 8 nitrogen and oxygen atoms in total. The first kappa shape index (κ1) is 27.6. The van der Waals surface area contributed by atoms with Crippen molar-refractivity contribution in [1.29, 1.82) is 0 Å². The number of carbonyl (C=O) groups is 3. The maximum Gasteiger partial charge on any atom is 0.326 e. The van der Waals surface area contributed by atoms with Crippen molar-refractivity contribution in [1.82, 2.24) is 10.2 Å². The SMILES string of the molecule is O=C(NC(Cc1ccccc1)/C(CCC(=O)N1CCC[C@H]1C(=O)O)=N/OCc1ccccc1)c1ccccc1. The molecule has 39 heavy (non-hydrogen) atoms. The highest BCUT2D eigenvalue weighted by molar-refractivity contribution is 6.00. The van der Waals surface area contributed by atoms with Gasteiger partial charge in [0.05, 0.1) is 11.8 Å². The molecule has 3 aromatic carbocycles. The number of nitrogens with one attached hydrogen (secondary N) is 1. The number of carboxylic acids is 1. The third-order valence-corrected chi connectivity index (χ3v) is 6.74. The summed E-state index contributed by atoms with van der Waals surface area (Å²) in [6, 6.07) is 26.9. The number of rotatable bonds is 12. The Morgan fingerprint density at radius 2 is 1.51 bits per heavy atom. The zero-order valence-corrected chi connectivity index (χ0v) is 21.7. The van der Waals surface area contributed by atoms with Crippen molar-refractivity contribution < 1.29 is 24.3 Å². The molecule has 1 heterocycles. The highest BCUT2D eigenvalue weighted by atomic mass is 16.6. The van der Waals surface area contributed by atoms with Crippen molar-refractivity contribution in [3.8, 4) is 0 Å². The minimum Gasteiger partial charge on any atom is -0.480 e. The van der Waals surface area contributed by atoms with E-state index in [4.69, 9.17) is 4.84 Å². The fourth-order valence-corrected chi connectivity index (χ4v) is 4.68. The molecule has 1 unspecified atom stereocenters. The van der Waals surface area contributed by atoms with E-state index in [-0.39, 0.29) is 31.3 Å². The van der Waals surface area contributed by atoms with E-state index < -0.39 is 18.1 Å². The molecule has 0 saturated carbocycles. The minimum atomic E-state index is -0.988. The molecule has 1 aliphatic heterocycles. The number of amides is 2. The van der Waals surface area contributed by atoms with Crippen LogP contribution in [0.1, 0.15) is 47.2 Å². The van der Waals surface area contributed by atoms with Crippen LogP contribution in [0, 0.1) is 0 Å². The summed E-state index contributed by atoms with van der Waals surface area (Å²) in [7, 11) is 0. The molecule has 0 radical (unpaired) electrons. The van der Waals surface area contributed by atoms with Gasteiger partial charge in [0.2, 0.25) is 5.91 Å². The average Bonchev–Trinajstić information content (AvgIpc) is 3.47. The molecule has 2 amide bonds. The van der Waals surface area contributed by atoms with Crippen molar-refractivity contribution in [2.45, 2.75) is 50.8 Å². The number of carboxylic acid groups (broad SMARTS) is 1. The standard InChI is InChI=1S/C31H33N3O5/c35-29(34-20-10-17-28(34)31(37)38)19-18-26(33-39-22-24-13-6-2-7-14-24)27(21-23-11-4-1-5-12-23)32-30(36)25-15-8-3-9-16-25/h1-9,11-16,27-28H,10,17-22H2,(H,32,36)(H,37,38)/b33-26+/t27?,28-/m0/s1. The number of hydrogen-bond acceptors (Lipinski definition) is 5. The maximum atomic E-state index is 13.2. The first-order chi connectivity index (χ1) is 19.0. The number of hydrogen-bond donors (Lipinski definition) is 2. The largest absolute Gasteiger partial charge is 0.480 e. The third-order valence-electron chi connectivity index (χ3n) is 6.74. The van der Waals surface area contributed by atoms with Crippen LogP contribution in [0.3, 0.4) is 0 Å². The van der Waals surface area contributed by atoms with Crippen LogP contribution in [0.5, 0.6) is 0 Å². The van der Waals surface area contributed by atoms with Crippen LogP contribution in [0.4, 0.5) is 0 Å². The van der Waals surface area contributed by atoms with Crippen molar-refractivity contribution >= 4 is 23.5 Å². The number of likely N-dealkylation sites (tertiary alicyclic amines) is 1. The minimum absolute atomic E-state index is 0.0593. The van der Waals surface area contributed by atoms with E-state index in [0.717, 1.165) is 11.1 Å². The second-order valence-electron chi connectivity index (χ2n) is 9.51. The van der Waals surface area contributed by atoms with Gasteiger partial charge in [0.1, 0.15) is 12.6 Å². The van der Waals surface area contributed by atoms with E-state index in [1.165, 1.54) is 4.90 Å². The highest BCUT2D eigenvalue weighted by Gasteiger charge is 2.34. The normalized spacial score (nSPS) is 15.9. The van der Waals surface area contributed by atoms with Gasteiger partial charge in [0.15, 0.2) is 0 Å². The molecule has 0 aromatic heterocycles. The number of benzene rings is 3. The molecule has 2 N–H and O–H groups in total. The summed E-state index contributed by atoms with van der Waals surface area (Å²) in [6.07, 6.45) is 1.83. The van der Waals surface area contributed by atoms with Gasteiger partial charge in [0.25, 0.3) is 5.91 Å². The first-order valence-electron chi connectivity index (χ1n) is 13.2. The lowest BCUT2D eigenvalue weighted by Crippen LogP contribution is -2.44. The van der Waals surface area contributed by atoms with Crippen molar-refractivity contribution in [3.05, 3.63) is 108 Å². The molecule has 0 aliphatic carbocycles. The highest BCUT2D eigenvalue weighted by Crippen LogP contribution is 2.20. The van der Waals surface area contributed by atoms with Crippen LogP contribution in [-0.4, -0.2) is 52.1 Å². The molecule has 3 aromatic rings. The Balaban J connectivity index is 1.56. The van der Waals surface area contributed by atoms with Gasteiger partial charge in [-0.05, 0) is 48.9 Å². The third kappa shape index (κ3) is 8.01. The predicted molar refractivity (Wildman–Crippen MR) is 148 cm³/mol. The van der Waals surface area contributed by atoms with E-state index in [1.54, 1.807) is 24.3 Å². The molecule has 0 bridgehead atoms. The molecule has 202 valence electrons. The molecule has 8 heteroatoms. The lowest BCUT2D eigenvalue weighted by Gasteiger charge is -2.24. The molecular weight excluding hydrogens is 494 g/mol. The van der Waals surface area contributed by atoms with E-state index in [0.29, 0.717) is 37.1 Å². The molecular formula is C31H33N3O5. The second kappa shape index (κ2) is 13.9. The summed E-state index contributed by atoms with van der Waals surface area (Å²) in [4.78, 5) is 45.0. The first-order valence-corrected chi connectivity index (χ1v) is 13.2. The van der Waals surface area contributed by atoms with Crippen LogP contribution in [-0.2, 0) is 27.5 Å². The Hall–Kier alpha value is -4.46. The molecule has 4 rings (SSSR count). The average molecular weight is 528 g/mol. The van der Waals surface area contributed by atoms with Gasteiger partial charge in [-0.2, -0.15) is 0 Å². The molecule has 1 saturated heterocycles. The monoisotopic (exact) mass is 527 g/mol. The number of carbonyl (C=O) groups excluding carboxylic acids is 2. The van der Waals surface area contributed by atoms with Crippen LogP contribution < -0.4 is 5.32 Å². The Kier molecular flexibility index (Phi) is 9.83. The smallest absolute Gasteiger partial charge is 0.326 e. The second-order valence-corrected chi connectivity index (χ2v) is 9.51. The van der Waals surface area contributed by atoms with Crippen LogP contribution in [0.2, 0.25) is 0 Å². The van der Waals surface area contributed by atoms with Gasteiger partial charge in [0, 0.05) is 18.5 Å². The molecule has 2 atom stereocenters. The number of nitrogens with zero attached hydrogens (tertiary/aromatic N) is 2. The fraction of sp³-hybridized carbons (Fsp3) is 0.290. The summed E-state index contributed by atoms with van der Waals surface area (Å²) in [5, 5.41) is 17.0.